The number of pyridine rings is 1. The first-order valence-electron chi connectivity index (χ1n) is 6.08. The van der Waals surface area contributed by atoms with Crippen LogP contribution in [-0.4, -0.2) is 36.1 Å². The minimum Gasteiger partial charge on any atom is -0.508 e. The van der Waals surface area contributed by atoms with Crippen molar-refractivity contribution >= 4 is 26.4 Å². The van der Waals surface area contributed by atoms with Gasteiger partial charge in [-0.25, -0.2) is 13.4 Å². The second kappa shape index (κ2) is 4.38. The molecule has 3 rings (SSSR count). The monoisotopic (exact) mass is 278 g/mol. The highest BCUT2D eigenvalue weighted by atomic mass is 32.2. The molecule has 5 nitrogen and oxygen atoms in total. The van der Waals surface area contributed by atoms with E-state index in [1.165, 1.54) is 0 Å². The number of benzene rings is 1. The number of anilines is 1. The number of hydrogen-bond donors (Lipinski definition) is 2. The van der Waals surface area contributed by atoms with E-state index >= 15 is 0 Å². The minimum atomic E-state index is -2.92. The zero-order chi connectivity index (χ0) is 13.5. The largest absolute Gasteiger partial charge is 0.508 e. The fourth-order valence-corrected chi connectivity index (χ4v) is 4.05. The number of aromatic hydroxyl groups is 1. The van der Waals surface area contributed by atoms with Gasteiger partial charge in [0.15, 0.2) is 9.84 Å². The smallest absolute Gasteiger partial charge is 0.152 e. The van der Waals surface area contributed by atoms with E-state index in [1.807, 2.05) is 12.1 Å². The van der Waals surface area contributed by atoms with Gasteiger partial charge in [-0.1, -0.05) is 6.07 Å². The quantitative estimate of drug-likeness (QED) is 0.871. The maximum atomic E-state index is 11.4. The van der Waals surface area contributed by atoms with Gasteiger partial charge in [0, 0.05) is 17.6 Å². The number of aromatic nitrogens is 1. The third kappa shape index (κ3) is 2.49. The highest BCUT2D eigenvalue weighted by Crippen LogP contribution is 2.26. The summed E-state index contributed by atoms with van der Waals surface area (Å²) in [5.41, 5.74) is 0. The maximum absolute atomic E-state index is 11.4. The van der Waals surface area contributed by atoms with Crippen LogP contribution >= 0.6 is 0 Å². The molecule has 1 unspecified atom stereocenters. The van der Waals surface area contributed by atoms with E-state index < -0.39 is 9.84 Å². The number of phenolic OH excluding ortho intramolecular Hbond substituents is 1. The topological polar surface area (TPSA) is 79.3 Å². The number of hydrogen-bond acceptors (Lipinski definition) is 5. The molecule has 2 aromatic rings. The fourth-order valence-electron chi connectivity index (χ4n) is 2.37. The van der Waals surface area contributed by atoms with Gasteiger partial charge in [-0.05, 0) is 30.0 Å². The average Bonchev–Trinajstić information content (AvgIpc) is 2.69. The van der Waals surface area contributed by atoms with Crippen molar-refractivity contribution in [1.82, 2.24) is 4.98 Å². The van der Waals surface area contributed by atoms with Crippen molar-refractivity contribution in [2.75, 3.05) is 16.8 Å². The van der Waals surface area contributed by atoms with Gasteiger partial charge in [0.1, 0.15) is 11.6 Å². The zero-order valence-electron chi connectivity index (χ0n) is 10.2. The first-order chi connectivity index (χ1) is 9.03. The average molecular weight is 278 g/mol. The van der Waals surface area contributed by atoms with Gasteiger partial charge in [0.05, 0.1) is 11.5 Å². The lowest BCUT2D eigenvalue weighted by Gasteiger charge is -2.13. The molecule has 1 aromatic carbocycles. The molecular weight excluding hydrogens is 264 g/mol. The summed E-state index contributed by atoms with van der Waals surface area (Å²) in [4.78, 5) is 4.24. The van der Waals surface area contributed by atoms with Crippen LogP contribution in [0, 0.1) is 0 Å². The highest BCUT2D eigenvalue weighted by molar-refractivity contribution is 7.91. The molecule has 6 heteroatoms. The molecule has 0 aliphatic carbocycles. The van der Waals surface area contributed by atoms with E-state index in [0.717, 1.165) is 10.8 Å². The Morgan fingerprint density at radius 1 is 1.32 bits per heavy atom. The van der Waals surface area contributed by atoms with Crippen molar-refractivity contribution < 1.29 is 13.5 Å². The first-order valence-corrected chi connectivity index (χ1v) is 7.90. The molecule has 0 amide bonds. The summed E-state index contributed by atoms with van der Waals surface area (Å²) in [7, 11) is -2.92. The molecule has 1 aliphatic rings. The van der Waals surface area contributed by atoms with Crippen LogP contribution in [-0.2, 0) is 9.84 Å². The second-order valence-electron chi connectivity index (χ2n) is 4.81. The lowest BCUT2D eigenvalue weighted by Crippen LogP contribution is -2.21. The summed E-state index contributed by atoms with van der Waals surface area (Å²) in [5.74, 6) is 1.16. The molecule has 0 saturated carbocycles. The van der Waals surface area contributed by atoms with Crippen molar-refractivity contribution in [3.8, 4) is 5.75 Å². The molecule has 1 atom stereocenters. The van der Waals surface area contributed by atoms with Crippen LogP contribution in [0.2, 0.25) is 0 Å². The van der Waals surface area contributed by atoms with E-state index in [-0.39, 0.29) is 23.3 Å². The molecular formula is C13H14N2O3S. The van der Waals surface area contributed by atoms with Gasteiger partial charge in [0.2, 0.25) is 0 Å². The number of nitrogens with one attached hydrogen (secondary N) is 1. The Bertz CT molecular complexity index is 728. The lowest BCUT2D eigenvalue weighted by molar-refractivity contribution is 0.476. The number of sulfone groups is 1. The SMILES string of the molecule is O=S1(=O)CCC(Nc2nccc3ccc(O)cc23)C1. The van der Waals surface area contributed by atoms with E-state index in [9.17, 15) is 13.5 Å². The van der Waals surface area contributed by atoms with E-state index in [4.69, 9.17) is 0 Å². The summed E-state index contributed by atoms with van der Waals surface area (Å²) >= 11 is 0. The van der Waals surface area contributed by atoms with Gasteiger partial charge in [-0.2, -0.15) is 0 Å². The van der Waals surface area contributed by atoms with Crippen LogP contribution in [0.25, 0.3) is 10.8 Å². The molecule has 19 heavy (non-hydrogen) atoms. The molecule has 2 N–H and O–H groups in total. The fraction of sp³-hybridized carbons (Fsp3) is 0.308. The molecule has 2 heterocycles. The number of fused-ring (bicyclic) bond motifs is 1. The number of rotatable bonds is 2. The normalized spacial score (nSPS) is 21.6. The molecule has 0 spiro atoms. The van der Waals surface area contributed by atoms with Crippen molar-refractivity contribution in [3.05, 3.63) is 30.5 Å². The summed E-state index contributed by atoms with van der Waals surface area (Å²) in [5, 5.41) is 14.5. The lowest BCUT2D eigenvalue weighted by atomic mass is 10.1. The van der Waals surface area contributed by atoms with Crippen molar-refractivity contribution in [3.63, 3.8) is 0 Å². The Morgan fingerprint density at radius 2 is 2.16 bits per heavy atom. The summed E-state index contributed by atoms with van der Waals surface area (Å²) < 4.78 is 22.9. The third-order valence-corrected chi connectivity index (χ3v) is 5.09. The Labute approximate surface area is 111 Å². The second-order valence-corrected chi connectivity index (χ2v) is 7.04. The summed E-state index contributed by atoms with van der Waals surface area (Å²) in [6.07, 6.45) is 2.27. The number of nitrogens with zero attached hydrogens (tertiary/aromatic N) is 1. The zero-order valence-corrected chi connectivity index (χ0v) is 11.0. The van der Waals surface area contributed by atoms with Crippen LogP contribution in [0.4, 0.5) is 5.82 Å². The van der Waals surface area contributed by atoms with Crippen molar-refractivity contribution in [1.29, 1.82) is 0 Å². The molecule has 1 fully saturated rings. The minimum absolute atomic E-state index is 0.106. The molecule has 0 radical (unpaired) electrons. The molecule has 1 saturated heterocycles. The van der Waals surface area contributed by atoms with Gasteiger partial charge < -0.3 is 10.4 Å². The summed E-state index contributed by atoms with van der Waals surface area (Å²) in [6.45, 7) is 0. The molecule has 100 valence electrons. The van der Waals surface area contributed by atoms with Gasteiger partial charge >= 0.3 is 0 Å². The van der Waals surface area contributed by atoms with Gasteiger partial charge in [0.25, 0.3) is 0 Å². The first kappa shape index (κ1) is 12.2. The van der Waals surface area contributed by atoms with Crippen LogP contribution in [0.3, 0.4) is 0 Å². The number of phenols is 1. The van der Waals surface area contributed by atoms with Crippen LogP contribution < -0.4 is 5.32 Å². The Morgan fingerprint density at radius 3 is 2.89 bits per heavy atom. The molecule has 1 aromatic heterocycles. The highest BCUT2D eigenvalue weighted by Gasteiger charge is 2.28. The Hall–Kier alpha value is -1.82. The maximum Gasteiger partial charge on any atom is 0.152 e. The predicted molar refractivity (Wildman–Crippen MR) is 74.1 cm³/mol. The van der Waals surface area contributed by atoms with E-state index in [0.29, 0.717) is 12.2 Å². The van der Waals surface area contributed by atoms with Crippen LogP contribution in [0.1, 0.15) is 6.42 Å². The van der Waals surface area contributed by atoms with E-state index in [2.05, 4.69) is 10.3 Å². The van der Waals surface area contributed by atoms with Crippen LogP contribution in [0.5, 0.6) is 5.75 Å². The van der Waals surface area contributed by atoms with Crippen LogP contribution in [0.15, 0.2) is 30.5 Å². The Kier molecular flexibility index (Phi) is 2.82. The Balaban J connectivity index is 1.95. The standard InChI is InChI=1S/C13H14N2O3S/c16-11-2-1-9-3-5-14-13(12(9)7-11)15-10-4-6-19(17,18)8-10/h1-3,5,7,10,16H,4,6,8H2,(H,14,15). The van der Waals surface area contributed by atoms with E-state index in [1.54, 1.807) is 18.3 Å². The molecule has 0 bridgehead atoms. The van der Waals surface area contributed by atoms with Crippen molar-refractivity contribution in [2.45, 2.75) is 12.5 Å². The predicted octanol–water partition coefficient (Wildman–Crippen LogP) is 1.54. The summed E-state index contributed by atoms with van der Waals surface area (Å²) in [6, 6.07) is 6.81. The van der Waals surface area contributed by atoms with Crippen molar-refractivity contribution in [2.24, 2.45) is 0 Å². The van der Waals surface area contributed by atoms with Gasteiger partial charge in [-0.3, -0.25) is 0 Å². The molecule has 1 aliphatic heterocycles. The van der Waals surface area contributed by atoms with Gasteiger partial charge in [-0.15, -0.1) is 0 Å². The third-order valence-electron chi connectivity index (χ3n) is 3.32.